The predicted octanol–water partition coefficient (Wildman–Crippen LogP) is 10.9. The van der Waals surface area contributed by atoms with Crippen LogP contribution in [0.1, 0.15) is 136 Å². The van der Waals surface area contributed by atoms with E-state index in [-0.39, 0.29) is 0 Å². The molecule has 0 bridgehead atoms. The standard InChI is InChI=1S/C23H34.C8H18/c1-5-11-20(12-6-2)23(21-15-10-16-21)19(7-3)17-22-14-9-8-13-18(22)4;1-3-5-7-8-6-4-2/h8-9,13-14,17,20H,5-7,10-12,15-16H2,1-4H3;3-8H2,1-2H3/b19-17+;. The third-order valence-electron chi connectivity index (χ3n) is 6.72. The molecule has 0 amide bonds. The van der Waals surface area contributed by atoms with Gasteiger partial charge in [0, 0.05) is 0 Å². The Morgan fingerprint density at radius 2 is 1.39 bits per heavy atom. The van der Waals surface area contributed by atoms with E-state index in [2.05, 4.69) is 71.9 Å². The highest BCUT2D eigenvalue weighted by molar-refractivity contribution is 5.62. The first-order chi connectivity index (χ1) is 15.1. The molecule has 1 aromatic rings. The summed E-state index contributed by atoms with van der Waals surface area (Å²) >= 11 is 0. The van der Waals surface area contributed by atoms with Crippen LogP contribution in [-0.4, -0.2) is 0 Å². The lowest BCUT2D eigenvalue weighted by Gasteiger charge is -2.30. The molecule has 0 heteroatoms. The first kappa shape index (κ1) is 27.7. The molecule has 1 aromatic carbocycles. The Hall–Kier alpha value is -1.30. The Labute approximate surface area is 195 Å². The zero-order valence-corrected chi connectivity index (χ0v) is 21.9. The van der Waals surface area contributed by atoms with Crippen molar-refractivity contribution in [3.63, 3.8) is 0 Å². The minimum atomic E-state index is 0.774. The van der Waals surface area contributed by atoms with Crippen molar-refractivity contribution in [2.24, 2.45) is 5.92 Å². The van der Waals surface area contributed by atoms with Gasteiger partial charge in [0.1, 0.15) is 0 Å². The Bertz CT molecular complexity index is 628. The lowest BCUT2D eigenvalue weighted by atomic mass is 9.75. The van der Waals surface area contributed by atoms with E-state index in [4.69, 9.17) is 0 Å². The van der Waals surface area contributed by atoms with Crippen LogP contribution in [-0.2, 0) is 0 Å². The fourth-order valence-electron chi connectivity index (χ4n) is 4.69. The Kier molecular flexibility index (Phi) is 15.5. The maximum absolute atomic E-state index is 2.48. The summed E-state index contributed by atoms with van der Waals surface area (Å²) in [5, 5.41) is 0. The van der Waals surface area contributed by atoms with E-state index in [1.807, 2.05) is 0 Å². The van der Waals surface area contributed by atoms with Crippen LogP contribution in [0.15, 0.2) is 41.0 Å². The summed E-state index contributed by atoms with van der Waals surface area (Å²) in [5.41, 5.74) is 7.89. The zero-order valence-electron chi connectivity index (χ0n) is 21.9. The maximum Gasteiger partial charge on any atom is -0.0160 e. The molecule has 2 rings (SSSR count). The highest BCUT2D eigenvalue weighted by Gasteiger charge is 2.23. The normalized spacial score (nSPS) is 13.6. The fraction of sp³-hybridized carbons (Fsp3) is 0.677. The molecule has 1 aliphatic rings. The van der Waals surface area contributed by atoms with Crippen molar-refractivity contribution in [1.29, 1.82) is 0 Å². The van der Waals surface area contributed by atoms with Gasteiger partial charge in [0.15, 0.2) is 0 Å². The first-order valence-electron chi connectivity index (χ1n) is 13.6. The van der Waals surface area contributed by atoms with Gasteiger partial charge in [-0.1, -0.05) is 122 Å². The second kappa shape index (κ2) is 17.3. The van der Waals surface area contributed by atoms with Crippen LogP contribution < -0.4 is 0 Å². The van der Waals surface area contributed by atoms with Crippen LogP contribution >= 0.6 is 0 Å². The van der Waals surface area contributed by atoms with E-state index in [1.165, 1.54) is 94.6 Å². The highest BCUT2D eigenvalue weighted by Crippen LogP contribution is 2.40. The molecule has 31 heavy (non-hydrogen) atoms. The number of allylic oxidation sites excluding steroid dienone is 3. The molecule has 0 heterocycles. The van der Waals surface area contributed by atoms with Gasteiger partial charge in [-0.3, -0.25) is 0 Å². The summed E-state index contributed by atoms with van der Waals surface area (Å²) in [5.74, 6) is 0.774. The molecule has 176 valence electrons. The molecule has 0 aromatic heterocycles. The van der Waals surface area contributed by atoms with Gasteiger partial charge in [0.2, 0.25) is 0 Å². The molecule has 0 atom stereocenters. The first-order valence-corrected chi connectivity index (χ1v) is 13.6. The summed E-state index contributed by atoms with van der Waals surface area (Å²) in [6.45, 7) is 13.7. The van der Waals surface area contributed by atoms with Crippen LogP contribution in [0.5, 0.6) is 0 Å². The summed E-state index contributed by atoms with van der Waals surface area (Å²) in [6, 6.07) is 8.80. The van der Waals surface area contributed by atoms with Crippen molar-refractivity contribution in [3.8, 4) is 0 Å². The van der Waals surface area contributed by atoms with E-state index in [0.29, 0.717) is 0 Å². The maximum atomic E-state index is 2.48. The van der Waals surface area contributed by atoms with E-state index >= 15 is 0 Å². The third-order valence-corrected chi connectivity index (χ3v) is 6.72. The number of hydrogen-bond donors (Lipinski definition) is 0. The number of rotatable bonds is 13. The molecule has 0 N–H and O–H groups in total. The van der Waals surface area contributed by atoms with Gasteiger partial charge in [0.25, 0.3) is 0 Å². The molecule has 0 spiro atoms. The Morgan fingerprint density at radius 1 is 0.806 bits per heavy atom. The third kappa shape index (κ3) is 10.2. The number of aryl methyl sites for hydroxylation is 1. The van der Waals surface area contributed by atoms with E-state index < -0.39 is 0 Å². The molecular weight excluding hydrogens is 372 g/mol. The Morgan fingerprint density at radius 3 is 1.81 bits per heavy atom. The average molecular weight is 425 g/mol. The topological polar surface area (TPSA) is 0 Å². The van der Waals surface area contributed by atoms with Crippen LogP contribution in [0.25, 0.3) is 6.08 Å². The minimum absolute atomic E-state index is 0.774. The number of benzene rings is 1. The summed E-state index contributed by atoms with van der Waals surface area (Å²) < 4.78 is 0. The Balaban J connectivity index is 0.000000512. The number of unbranched alkanes of at least 4 members (excludes halogenated alkanes) is 5. The number of hydrogen-bond acceptors (Lipinski definition) is 0. The molecule has 1 saturated carbocycles. The van der Waals surface area contributed by atoms with Crippen molar-refractivity contribution in [3.05, 3.63) is 52.1 Å². The second-order valence-corrected chi connectivity index (χ2v) is 9.44. The molecule has 1 aliphatic carbocycles. The second-order valence-electron chi connectivity index (χ2n) is 9.44. The average Bonchev–Trinajstić information content (AvgIpc) is 2.74. The predicted molar refractivity (Wildman–Crippen MR) is 143 cm³/mol. The summed E-state index contributed by atoms with van der Waals surface area (Å²) in [7, 11) is 0. The van der Waals surface area contributed by atoms with Crippen LogP contribution in [0.2, 0.25) is 0 Å². The van der Waals surface area contributed by atoms with Crippen molar-refractivity contribution >= 4 is 6.08 Å². The van der Waals surface area contributed by atoms with Gasteiger partial charge >= 0.3 is 0 Å². The smallest absolute Gasteiger partial charge is 0.0160 e. The van der Waals surface area contributed by atoms with Crippen molar-refractivity contribution in [1.82, 2.24) is 0 Å². The van der Waals surface area contributed by atoms with Gasteiger partial charge in [-0.15, -0.1) is 0 Å². The molecular formula is C31H52. The van der Waals surface area contributed by atoms with Crippen molar-refractivity contribution < 1.29 is 0 Å². The molecule has 0 aliphatic heterocycles. The van der Waals surface area contributed by atoms with E-state index in [0.717, 1.165) is 12.3 Å². The summed E-state index contributed by atoms with van der Waals surface area (Å²) in [4.78, 5) is 0. The highest BCUT2D eigenvalue weighted by atomic mass is 14.3. The van der Waals surface area contributed by atoms with Gasteiger partial charge < -0.3 is 0 Å². The van der Waals surface area contributed by atoms with Crippen LogP contribution in [0.4, 0.5) is 0 Å². The largest absolute Gasteiger partial charge is 0.0664 e. The molecule has 0 unspecified atom stereocenters. The SMILES string of the molecule is CCCC(CCC)C(=C1CCC1)/C(=C/c1ccccc1C)CC.CCCCCCCC. The monoisotopic (exact) mass is 424 g/mol. The van der Waals surface area contributed by atoms with E-state index in [1.54, 1.807) is 16.7 Å². The zero-order chi connectivity index (χ0) is 22.9. The fourth-order valence-corrected chi connectivity index (χ4v) is 4.69. The van der Waals surface area contributed by atoms with Crippen molar-refractivity contribution in [2.45, 2.75) is 131 Å². The summed E-state index contributed by atoms with van der Waals surface area (Å²) in [6.07, 6.45) is 21.5. The van der Waals surface area contributed by atoms with Gasteiger partial charge in [-0.2, -0.15) is 0 Å². The van der Waals surface area contributed by atoms with Crippen LogP contribution in [0.3, 0.4) is 0 Å². The molecule has 0 nitrogen and oxygen atoms in total. The van der Waals surface area contributed by atoms with Crippen molar-refractivity contribution in [2.75, 3.05) is 0 Å². The van der Waals surface area contributed by atoms with Gasteiger partial charge in [0.05, 0.1) is 0 Å². The lowest BCUT2D eigenvalue weighted by Crippen LogP contribution is -2.13. The lowest BCUT2D eigenvalue weighted by molar-refractivity contribution is 0.488. The quantitative estimate of drug-likeness (QED) is 0.276. The van der Waals surface area contributed by atoms with E-state index in [9.17, 15) is 0 Å². The molecule has 0 radical (unpaired) electrons. The van der Waals surface area contributed by atoms with Crippen LogP contribution in [0, 0.1) is 12.8 Å². The van der Waals surface area contributed by atoms with Gasteiger partial charge in [-0.05, 0) is 73.6 Å². The molecule has 0 saturated heterocycles. The minimum Gasteiger partial charge on any atom is -0.0664 e. The molecule has 1 fully saturated rings. The van der Waals surface area contributed by atoms with Gasteiger partial charge in [-0.25, -0.2) is 0 Å².